The quantitative estimate of drug-likeness (QED) is 0.356. The lowest BCUT2D eigenvalue weighted by Gasteiger charge is -2.49. The van der Waals surface area contributed by atoms with E-state index in [1.54, 1.807) is 18.3 Å². The molecule has 0 bridgehead atoms. The van der Waals surface area contributed by atoms with Crippen molar-refractivity contribution in [2.24, 2.45) is 0 Å². The minimum atomic E-state index is -1.50. The Labute approximate surface area is 214 Å². The van der Waals surface area contributed by atoms with Crippen LogP contribution in [-0.4, -0.2) is 58.0 Å². The smallest absolute Gasteiger partial charge is 0.250 e. The number of imidazole rings is 1. The van der Waals surface area contributed by atoms with Crippen LogP contribution in [0.5, 0.6) is 5.75 Å². The first-order valence-electron chi connectivity index (χ1n) is 12.4. The number of carbonyl (C=O) groups excluding carboxylic acids is 1. The summed E-state index contributed by atoms with van der Waals surface area (Å²) in [6.45, 7) is 5.77. The maximum Gasteiger partial charge on any atom is 0.250 e. The standard InChI is InChI=1S/C28H29F3N4O2/c1-4-33-14-21-7-6-19(9-18-5-8-24(26(10-18)37-3)34-13-17(2)32-16-34)28(36)35(21)25(15-33)20-11-22(29)27(31)23(30)12-20/h5,8-13,16,21,25H,4,6-7,14-15H2,1-3H3/b19-9+/t21-,25+/m1/s1. The van der Waals surface area contributed by atoms with Crippen LogP contribution in [0.2, 0.25) is 0 Å². The third kappa shape index (κ3) is 4.75. The van der Waals surface area contributed by atoms with Crippen LogP contribution in [-0.2, 0) is 4.79 Å². The van der Waals surface area contributed by atoms with Crippen molar-refractivity contribution in [2.45, 2.75) is 38.8 Å². The fraction of sp³-hybridized carbons (Fsp3) is 0.357. The van der Waals surface area contributed by atoms with E-state index in [0.717, 1.165) is 42.0 Å². The van der Waals surface area contributed by atoms with Crippen molar-refractivity contribution in [3.05, 3.63) is 82.7 Å². The lowest BCUT2D eigenvalue weighted by molar-refractivity contribution is -0.139. The van der Waals surface area contributed by atoms with E-state index in [1.807, 2.05) is 48.9 Å². The third-order valence-corrected chi connectivity index (χ3v) is 7.26. The van der Waals surface area contributed by atoms with Crippen molar-refractivity contribution in [3.8, 4) is 11.4 Å². The molecule has 2 aromatic carbocycles. The SMILES string of the molecule is CCN1C[C@H]2CC/C(=C\c3ccc(-n4cnc(C)c4)c(OC)c3)C(=O)N2[C@H](c2cc(F)c(F)c(F)c2)C1. The number of amides is 1. The van der Waals surface area contributed by atoms with Crippen molar-refractivity contribution in [3.63, 3.8) is 0 Å². The molecule has 3 heterocycles. The van der Waals surface area contributed by atoms with E-state index < -0.39 is 23.5 Å². The van der Waals surface area contributed by atoms with Gasteiger partial charge >= 0.3 is 0 Å². The number of ether oxygens (including phenoxy) is 1. The number of benzene rings is 2. The maximum absolute atomic E-state index is 14.1. The number of aromatic nitrogens is 2. The van der Waals surface area contributed by atoms with Crippen LogP contribution in [0, 0.1) is 24.4 Å². The number of piperidine rings is 1. The Hall–Kier alpha value is -3.59. The van der Waals surface area contributed by atoms with E-state index in [0.29, 0.717) is 30.8 Å². The Morgan fingerprint density at radius 2 is 1.89 bits per heavy atom. The van der Waals surface area contributed by atoms with Crippen LogP contribution < -0.4 is 4.74 Å². The highest BCUT2D eigenvalue weighted by Crippen LogP contribution is 2.38. The Balaban J connectivity index is 1.48. The van der Waals surface area contributed by atoms with Crippen LogP contribution in [0.3, 0.4) is 0 Å². The number of piperazine rings is 1. The minimum absolute atomic E-state index is 0.0964. The fourth-order valence-electron chi connectivity index (χ4n) is 5.36. The number of hydrogen-bond donors (Lipinski definition) is 0. The molecule has 2 aliphatic heterocycles. The third-order valence-electron chi connectivity index (χ3n) is 7.26. The molecule has 0 aliphatic carbocycles. The topological polar surface area (TPSA) is 50.6 Å². The van der Waals surface area contributed by atoms with E-state index in [-0.39, 0.29) is 17.5 Å². The van der Waals surface area contributed by atoms with Gasteiger partial charge in [0, 0.05) is 30.9 Å². The number of rotatable bonds is 5. The second-order valence-electron chi connectivity index (χ2n) is 9.59. The molecule has 9 heteroatoms. The second kappa shape index (κ2) is 10.0. The predicted molar refractivity (Wildman–Crippen MR) is 134 cm³/mol. The summed E-state index contributed by atoms with van der Waals surface area (Å²) in [6.07, 6.45) is 6.77. The molecular weight excluding hydrogens is 481 g/mol. The van der Waals surface area contributed by atoms with Gasteiger partial charge in [0.05, 0.1) is 30.9 Å². The number of likely N-dealkylation sites (N-methyl/N-ethyl adjacent to an activating group) is 1. The van der Waals surface area contributed by atoms with Gasteiger partial charge in [-0.3, -0.25) is 9.69 Å². The van der Waals surface area contributed by atoms with Gasteiger partial charge in [0.1, 0.15) is 5.75 Å². The molecule has 37 heavy (non-hydrogen) atoms. The monoisotopic (exact) mass is 510 g/mol. The molecule has 1 aromatic heterocycles. The number of fused-ring (bicyclic) bond motifs is 1. The highest BCUT2D eigenvalue weighted by molar-refractivity contribution is 5.99. The molecule has 5 rings (SSSR count). The average molecular weight is 511 g/mol. The zero-order valence-corrected chi connectivity index (χ0v) is 21.0. The number of methoxy groups -OCH3 is 1. The van der Waals surface area contributed by atoms with Crippen molar-refractivity contribution < 1.29 is 22.7 Å². The van der Waals surface area contributed by atoms with Gasteiger partial charge in [0.25, 0.3) is 5.91 Å². The van der Waals surface area contributed by atoms with E-state index >= 15 is 0 Å². The fourth-order valence-corrected chi connectivity index (χ4v) is 5.36. The lowest BCUT2D eigenvalue weighted by Crippen LogP contribution is -2.58. The molecule has 2 saturated heterocycles. The summed E-state index contributed by atoms with van der Waals surface area (Å²) < 4.78 is 49.4. The molecule has 2 fully saturated rings. The van der Waals surface area contributed by atoms with E-state index in [1.165, 1.54) is 0 Å². The summed E-state index contributed by atoms with van der Waals surface area (Å²) >= 11 is 0. The molecule has 0 spiro atoms. The first-order valence-corrected chi connectivity index (χ1v) is 12.4. The zero-order valence-electron chi connectivity index (χ0n) is 21.0. The van der Waals surface area contributed by atoms with Crippen LogP contribution in [0.1, 0.15) is 42.6 Å². The van der Waals surface area contributed by atoms with Gasteiger partial charge in [-0.15, -0.1) is 0 Å². The summed E-state index contributed by atoms with van der Waals surface area (Å²) in [5.74, 6) is -3.53. The number of nitrogens with zero attached hydrogens (tertiary/aromatic N) is 4. The van der Waals surface area contributed by atoms with Gasteiger partial charge in [-0.25, -0.2) is 18.2 Å². The summed E-state index contributed by atoms with van der Waals surface area (Å²) in [5.41, 5.74) is 3.39. The van der Waals surface area contributed by atoms with Crippen molar-refractivity contribution >= 4 is 12.0 Å². The molecule has 1 amide bonds. The van der Waals surface area contributed by atoms with Gasteiger partial charge < -0.3 is 14.2 Å². The Morgan fingerprint density at radius 3 is 2.54 bits per heavy atom. The largest absolute Gasteiger partial charge is 0.495 e. The molecule has 2 atom stereocenters. The van der Waals surface area contributed by atoms with Crippen molar-refractivity contribution in [1.82, 2.24) is 19.4 Å². The number of carbonyl (C=O) groups is 1. The van der Waals surface area contributed by atoms with Crippen LogP contribution in [0.4, 0.5) is 13.2 Å². The van der Waals surface area contributed by atoms with E-state index in [9.17, 15) is 18.0 Å². The molecule has 0 N–H and O–H groups in total. The van der Waals surface area contributed by atoms with Gasteiger partial charge in [-0.2, -0.15) is 0 Å². The number of hydrogen-bond acceptors (Lipinski definition) is 4. The zero-order chi connectivity index (χ0) is 26.3. The molecule has 0 unspecified atom stereocenters. The molecule has 6 nitrogen and oxygen atoms in total. The average Bonchev–Trinajstić information content (AvgIpc) is 3.33. The Bertz CT molecular complexity index is 1350. The first-order chi connectivity index (χ1) is 17.8. The Morgan fingerprint density at radius 1 is 1.14 bits per heavy atom. The van der Waals surface area contributed by atoms with E-state index in [2.05, 4.69) is 9.88 Å². The van der Waals surface area contributed by atoms with Crippen molar-refractivity contribution in [1.29, 1.82) is 0 Å². The summed E-state index contributed by atoms with van der Waals surface area (Å²) in [5, 5.41) is 0. The van der Waals surface area contributed by atoms with Gasteiger partial charge in [0.15, 0.2) is 17.5 Å². The number of aryl methyl sites for hydroxylation is 1. The minimum Gasteiger partial charge on any atom is -0.495 e. The van der Waals surface area contributed by atoms with Crippen LogP contribution >= 0.6 is 0 Å². The lowest BCUT2D eigenvalue weighted by atomic mass is 9.88. The van der Waals surface area contributed by atoms with Gasteiger partial charge in [0.2, 0.25) is 0 Å². The van der Waals surface area contributed by atoms with Gasteiger partial charge in [-0.1, -0.05) is 13.0 Å². The predicted octanol–water partition coefficient (Wildman–Crippen LogP) is 5.06. The first kappa shape index (κ1) is 25.1. The summed E-state index contributed by atoms with van der Waals surface area (Å²) in [4.78, 5) is 21.9. The normalized spacial score (nSPS) is 21.4. The summed E-state index contributed by atoms with van der Waals surface area (Å²) in [6, 6.07) is 7.03. The van der Waals surface area contributed by atoms with E-state index in [4.69, 9.17) is 4.74 Å². The highest BCUT2D eigenvalue weighted by atomic mass is 19.2. The van der Waals surface area contributed by atoms with Gasteiger partial charge in [-0.05, 0) is 67.8 Å². The molecular formula is C28H29F3N4O2. The molecule has 0 saturated carbocycles. The maximum atomic E-state index is 14.1. The number of halogens is 3. The Kier molecular flexibility index (Phi) is 6.81. The summed E-state index contributed by atoms with van der Waals surface area (Å²) in [7, 11) is 1.59. The highest BCUT2D eigenvalue weighted by Gasteiger charge is 2.42. The molecule has 3 aromatic rings. The van der Waals surface area contributed by atoms with Crippen LogP contribution in [0.15, 0.2) is 48.4 Å². The second-order valence-corrected chi connectivity index (χ2v) is 9.59. The molecule has 0 radical (unpaired) electrons. The van der Waals surface area contributed by atoms with Crippen molar-refractivity contribution in [2.75, 3.05) is 26.7 Å². The van der Waals surface area contributed by atoms with Crippen LogP contribution in [0.25, 0.3) is 11.8 Å². The molecule has 2 aliphatic rings. The molecule has 194 valence electrons.